The van der Waals surface area contributed by atoms with E-state index in [2.05, 4.69) is 4.98 Å². The lowest BCUT2D eigenvalue weighted by atomic mass is 10.1. The highest BCUT2D eigenvalue weighted by Gasteiger charge is 2.17. The minimum atomic E-state index is -0.535. The zero-order valence-electron chi connectivity index (χ0n) is 10.4. The van der Waals surface area contributed by atoms with Gasteiger partial charge in [0, 0.05) is 18.8 Å². The fraction of sp³-hybridized carbons (Fsp3) is 0.286. The molecule has 1 unspecified atom stereocenters. The van der Waals surface area contributed by atoms with E-state index in [0.717, 1.165) is 17.8 Å². The van der Waals surface area contributed by atoms with Crippen molar-refractivity contribution < 1.29 is 4.79 Å². The second kappa shape index (κ2) is 5.60. The van der Waals surface area contributed by atoms with Crippen LogP contribution in [-0.4, -0.2) is 21.5 Å². The summed E-state index contributed by atoms with van der Waals surface area (Å²) in [4.78, 5) is 16.3. The van der Waals surface area contributed by atoms with Gasteiger partial charge in [-0.3, -0.25) is 9.36 Å². The second-order valence-electron chi connectivity index (χ2n) is 4.20. The van der Waals surface area contributed by atoms with Gasteiger partial charge in [0.1, 0.15) is 5.82 Å². The van der Waals surface area contributed by atoms with Gasteiger partial charge in [0.05, 0.1) is 6.04 Å². The molecule has 18 heavy (non-hydrogen) atoms. The lowest BCUT2D eigenvalue weighted by Crippen LogP contribution is -2.37. The Balaban J connectivity index is 2.10. The van der Waals surface area contributed by atoms with E-state index < -0.39 is 6.04 Å². The van der Waals surface area contributed by atoms with Crippen LogP contribution in [0.25, 0.3) is 0 Å². The largest absolute Gasteiger partial charge is 0.320 e. The molecule has 2 aromatic rings. The standard InChI is InChI=1S/C14H17N3O/c1-2-13-16-8-9-17(13)14(18)12(15)10-11-6-4-3-5-7-11/h3-9,12H,2,10,15H2,1H3. The van der Waals surface area contributed by atoms with Crippen LogP contribution < -0.4 is 5.73 Å². The summed E-state index contributed by atoms with van der Waals surface area (Å²) >= 11 is 0. The lowest BCUT2D eigenvalue weighted by molar-refractivity contribution is 0.0875. The van der Waals surface area contributed by atoms with Gasteiger partial charge < -0.3 is 5.73 Å². The maximum absolute atomic E-state index is 12.2. The molecule has 0 spiro atoms. The van der Waals surface area contributed by atoms with Gasteiger partial charge in [-0.05, 0) is 12.0 Å². The van der Waals surface area contributed by atoms with Crippen molar-refractivity contribution in [3.63, 3.8) is 0 Å². The molecule has 4 heteroatoms. The van der Waals surface area contributed by atoms with E-state index >= 15 is 0 Å². The highest BCUT2D eigenvalue weighted by atomic mass is 16.2. The van der Waals surface area contributed by atoms with Crippen LogP contribution in [0.3, 0.4) is 0 Å². The Morgan fingerprint density at radius 1 is 1.39 bits per heavy atom. The van der Waals surface area contributed by atoms with Gasteiger partial charge in [-0.25, -0.2) is 4.98 Å². The van der Waals surface area contributed by atoms with Crippen LogP contribution in [-0.2, 0) is 12.8 Å². The molecular formula is C14H17N3O. The van der Waals surface area contributed by atoms with Crippen molar-refractivity contribution in [1.82, 2.24) is 9.55 Å². The van der Waals surface area contributed by atoms with Crippen LogP contribution in [0, 0.1) is 0 Å². The van der Waals surface area contributed by atoms with Crippen LogP contribution in [0.4, 0.5) is 0 Å². The molecule has 2 rings (SSSR count). The summed E-state index contributed by atoms with van der Waals surface area (Å²) in [6.07, 6.45) is 4.57. The van der Waals surface area contributed by atoms with Crippen molar-refractivity contribution >= 4 is 5.91 Å². The van der Waals surface area contributed by atoms with E-state index in [1.807, 2.05) is 37.3 Å². The third-order valence-electron chi connectivity index (χ3n) is 2.89. The fourth-order valence-electron chi connectivity index (χ4n) is 1.93. The molecule has 0 aliphatic heterocycles. The fourth-order valence-corrected chi connectivity index (χ4v) is 1.93. The van der Waals surface area contributed by atoms with Crippen LogP contribution in [0.15, 0.2) is 42.7 Å². The summed E-state index contributed by atoms with van der Waals surface area (Å²) in [5.41, 5.74) is 7.03. The van der Waals surface area contributed by atoms with Gasteiger partial charge in [-0.1, -0.05) is 37.3 Å². The van der Waals surface area contributed by atoms with Gasteiger partial charge >= 0.3 is 0 Å². The Bertz CT molecular complexity index is 519. The van der Waals surface area contributed by atoms with Crippen molar-refractivity contribution in [3.05, 3.63) is 54.1 Å². The Hall–Kier alpha value is -1.94. The number of hydrogen-bond acceptors (Lipinski definition) is 3. The van der Waals surface area contributed by atoms with Crippen LogP contribution in [0.1, 0.15) is 23.1 Å². The topological polar surface area (TPSA) is 60.9 Å². The SMILES string of the molecule is CCc1nccn1C(=O)C(N)Cc1ccccc1. The number of aromatic nitrogens is 2. The molecule has 1 atom stereocenters. The smallest absolute Gasteiger partial charge is 0.249 e. The summed E-state index contributed by atoms with van der Waals surface area (Å²) in [6, 6.07) is 9.25. The van der Waals surface area contributed by atoms with E-state index in [0.29, 0.717) is 6.42 Å². The first-order valence-electron chi connectivity index (χ1n) is 6.08. The average Bonchev–Trinajstić information content (AvgIpc) is 2.87. The lowest BCUT2D eigenvalue weighted by Gasteiger charge is -2.12. The molecule has 1 aromatic carbocycles. The molecule has 2 N–H and O–H groups in total. The molecule has 0 aliphatic carbocycles. The number of carbonyl (C=O) groups is 1. The molecular weight excluding hydrogens is 226 g/mol. The van der Waals surface area contributed by atoms with Gasteiger partial charge in [-0.2, -0.15) is 0 Å². The van der Waals surface area contributed by atoms with Crippen molar-refractivity contribution in [2.24, 2.45) is 5.73 Å². The van der Waals surface area contributed by atoms with Crippen LogP contribution >= 0.6 is 0 Å². The zero-order chi connectivity index (χ0) is 13.0. The molecule has 0 saturated heterocycles. The molecule has 94 valence electrons. The molecule has 0 fully saturated rings. The van der Waals surface area contributed by atoms with E-state index in [9.17, 15) is 4.79 Å². The molecule has 0 radical (unpaired) electrons. The second-order valence-corrected chi connectivity index (χ2v) is 4.20. The number of imidazole rings is 1. The number of carbonyl (C=O) groups excluding carboxylic acids is 1. The molecule has 0 aliphatic rings. The minimum Gasteiger partial charge on any atom is -0.320 e. The van der Waals surface area contributed by atoms with E-state index in [1.165, 1.54) is 0 Å². The third kappa shape index (κ3) is 2.65. The van der Waals surface area contributed by atoms with Crippen molar-refractivity contribution in [3.8, 4) is 0 Å². The molecule has 1 heterocycles. The van der Waals surface area contributed by atoms with Gasteiger partial charge in [0.25, 0.3) is 0 Å². The summed E-state index contributed by atoms with van der Waals surface area (Å²) < 4.78 is 1.55. The van der Waals surface area contributed by atoms with Gasteiger partial charge in [-0.15, -0.1) is 0 Å². The first kappa shape index (κ1) is 12.5. The number of hydrogen-bond donors (Lipinski definition) is 1. The Labute approximate surface area is 106 Å². The first-order valence-corrected chi connectivity index (χ1v) is 6.08. The van der Waals surface area contributed by atoms with Crippen molar-refractivity contribution in [1.29, 1.82) is 0 Å². The van der Waals surface area contributed by atoms with E-state index in [4.69, 9.17) is 5.73 Å². The molecule has 0 bridgehead atoms. The maximum atomic E-state index is 12.2. The van der Waals surface area contributed by atoms with Crippen LogP contribution in [0.5, 0.6) is 0 Å². The molecule has 4 nitrogen and oxygen atoms in total. The highest BCUT2D eigenvalue weighted by molar-refractivity contribution is 5.84. The number of nitrogens with zero attached hydrogens (tertiary/aromatic N) is 2. The summed E-state index contributed by atoms with van der Waals surface area (Å²) in [5, 5.41) is 0. The number of rotatable bonds is 4. The van der Waals surface area contributed by atoms with Crippen molar-refractivity contribution in [2.75, 3.05) is 0 Å². The van der Waals surface area contributed by atoms with Gasteiger partial charge in [0.15, 0.2) is 0 Å². The Morgan fingerprint density at radius 2 is 2.11 bits per heavy atom. The molecule has 0 saturated carbocycles. The predicted molar refractivity (Wildman–Crippen MR) is 70.4 cm³/mol. The summed E-state index contributed by atoms with van der Waals surface area (Å²) in [7, 11) is 0. The van der Waals surface area contributed by atoms with Crippen molar-refractivity contribution in [2.45, 2.75) is 25.8 Å². The van der Waals surface area contributed by atoms with Crippen LogP contribution in [0.2, 0.25) is 0 Å². The highest BCUT2D eigenvalue weighted by Crippen LogP contribution is 2.06. The Kier molecular flexibility index (Phi) is 3.89. The average molecular weight is 243 g/mol. The minimum absolute atomic E-state index is 0.104. The van der Waals surface area contributed by atoms with Gasteiger partial charge in [0.2, 0.25) is 5.91 Å². The number of benzene rings is 1. The maximum Gasteiger partial charge on any atom is 0.249 e. The number of aryl methyl sites for hydroxylation is 1. The predicted octanol–water partition coefficient (Wildman–Crippen LogP) is 1.66. The monoisotopic (exact) mass is 243 g/mol. The molecule has 0 amide bonds. The molecule has 1 aromatic heterocycles. The quantitative estimate of drug-likeness (QED) is 0.888. The summed E-state index contributed by atoms with van der Waals surface area (Å²) in [6.45, 7) is 1.97. The third-order valence-corrected chi connectivity index (χ3v) is 2.89. The number of nitrogens with two attached hydrogens (primary N) is 1. The zero-order valence-corrected chi connectivity index (χ0v) is 10.4. The van der Waals surface area contributed by atoms with E-state index in [-0.39, 0.29) is 5.91 Å². The Morgan fingerprint density at radius 3 is 2.78 bits per heavy atom. The van der Waals surface area contributed by atoms with E-state index in [1.54, 1.807) is 17.0 Å². The first-order chi connectivity index (χ1) is 8.72. The normalized spacial score (nSPS) is 12.3. The summed E-state index contributed by atoms with van der Waals surface area (Å²) in [5.74, 6) is 0.650.